The highest BCUT2D eigenvalue weighted by Gasteiger charge is 2.17. The van der Waals surface area contributed by atoms with Crippen LogP contribution in [0.15, 0.2) is 30.5 Å². The standard InChI is InChI=1S/C17H17Cl2N5O/c18-13-3-1-2-11(16(13)19)8-12-10-21-24-14(20)9-15(22-17(12)24)23-4-6-25-7-5-23/h1-3,9-10H,4-8,20H2. The van der Waals surface area contributed by atoms with Crippen LogP contribution >= 0.6 is 23.2 Å². The topological polar surface area (TPSA) is 68.7 Å². The molecule has 1 fully saturated rings. The molecule has 4 rings (SSSR count). The monoisotopic (exact) mass is 377 g/mol. The number of ether oxygens (including phenoxy) is 1. The normalized spacial score (nSPS) is 15.0. The quantitative estimate of drug-likeness (QED) is 0.759. The average Bonchev–Trinajstić information content (AvgIpc) is 3.03. The summed E-state index contributed by atoms with van der Waals surface area (Å²) in [6.07, 6.45) is 2.36. The number of hydrogen-bond acceptors (Lipinski definition) is 5. The molecule has 0 radical (unpaired) electrons. The fourth-order valence-electron chi connectivity index (χ4n) is 2.99. The number of nitrogens with zero attached hydrogens (tertiary/aromatic N) is 4. The molecule has 25 heavy (non-hydrogen) atoms. The summed E-state index contributed by atoms with van der Waals surface area (Å²) in [5.41, 5.74) is 8.80. The van der Waals surface area contributed by atoms with E-state index in [0.29, 0.717) is 35.5 Å². The molecule has 6 nitrogen and oxygen atoms in total. The van der Waals surface area contributed by atoms with Gasteiger partial charge in [-0.2, -0.15) is 9.61 Å². The van der Waals surface area contributed by atoms with Gasteiger partial charge in [0.1, 0.15) is 11.6 Å². The molecule has 1 aliphatic heterocycles. The Hall–Kier alpha value is -2.02. The van der Waals surface area contributed by atoms with E-state index in [2.05, 4.69) is 10.00 Å². The second kappa shape index (κ2) is 6.71. The number of morpholine rings is 1. The highest BCUT2D eigenvalue weighted by atomic mass is 35.5. The zero-order valence-corrected chi connectivity index (χ0v) is 15.0. The summed E-state index contributed by atoms with van der Waals surface area (Å²) in [5, 5.41) is 5.46. The molecule has 0 saturated carbocycles. The first kappa shape index (κ1) is 16.4. The third kappa shape index (κ3) is 3.13. The summed E-state index contributed by atoms with van der Waals surface area (Å²) in [7, 11) is 0. The van der Waals surface area contributed by atoms with Crippen LogP contribution in [0.4, 0.5) is 11.6 Å². The maximum atomic E-state index is 6.32. The summed E-state index contributed by atoms with van der Waals surface area (Å²) >= 11 is 12.4. The lowest BCUT2D eigenvalue weighted by molar-refractivity contribution is 0.122. The Morgan fingerprint density at radius 1 is 1.16 bits per heavy atom. The number of nitrogen functional groups attached to an aromatic ring is 1. The van der Waals surface area contributed by atoms with Crippen molar-refractivity contribution in [2.45, 2.75) is 6.42 Å². The minimum Gasteiger partial charge on any atom is -0.383 e. The first-order valence-electron chi connectivity index (χ1n) is 8.02. The predicted molar refractivity (Wildman–Crippen MR) is 99.7 cm³/mol. The molecular weight excluding hydrogens is 361 g/mol. The molecule has 3 heterocycles. The molecule has 2 aromatic heterocycles. The number of rotatable bonds is 3. The molecule has 8 heteroatoms. The lowest BCUT2D eigenvalue weighted by Gasteiger charge is -2.28. The van der Waals surface area contributed by atoms with E-state index >= 15 is 0 Å². The molecule has 2 N–H and O–H groups in total. The molecule has 0 atom stereocenters. The van der Waals surface area contributed by atoms with Crippen molar-refractivity contribution in [3.05, 3.63) is 51.6 Å². The van der Waals surface area contributed by atoms with Crippen LogP contribution in [0.5, 0.6) is 0 Å². The lowest BCUT2D eigenvalue weighted by Crippen LogP contribution is -2.36. The van der Waals surface area contributed by atoms with E-state index in [-0.39, 0.29) is 0 Å². The molecule has 0 bridgehead atoms. The van der Waals surface area contributed by atoms with E-state index in [9.17, 15) is 0 Å². The van der Waals surface area contributed by atoms with Gasteiger partial charge in [0.25, 0.3) is 0 Å². The molecule has 0 unspecified atom stereocenters. The zero-order chi connectivity index (χ0) is 17.4. The van der Waals surface area contributed by atoms with E-state index in [1.165, 1.54) is 0 Å². The average molecular weight is 378 g/mol. The fourth-order valence-corrected chi connectivity index (χ4v) is 3.37. The number of nitrogens with two attached hydrogens (primary N) is 1. The molecule has 0 aliphatic carbocycles. The largest absolute Gasteiger partial charge is 0.383 e. The predicted octanol–water partition coefficient (Wildman–Crippen LogP) is 3.05. The van der Waals surface area contributed by atoms with Crippen molar-refractivity contribution in [2.75, 3.05) is 36.9 Å². The van der Waals surface area contributed by atoms with Gasteiger partial charge in [0, 0.05) is 31.1 Å². The van der Waals surface area contributed by atoms with Gasteiger partial charge in [-0.3, -0.25) is 0 Å². The number of aromatic nitrogens is 3. The Balaban J connectivity index is 1.74. The summed E-state index contributed by atoms with van der Waals surface area (Å²) < 4.78 is 7.06. The Kier molecular flexibility index (Phi) is 4.41. The fraction of sp³-hybridized carbons (Fsp3) is 0.294. The summed E-state index contributed by atoms with van der Waals surface area (Å²) in [5.74, 6) is 1.39. The van der Waals surface area contributed by atoms with Crippen LogP contribution in [0.3, 0.4) is 0 Å². The summed E-state index contributed by atoms with van der Waals surface area (Å²) in [6.45, 7) is 2.98. The van der Waals surface area contributed by atoms with E-state index in [1.807, 2.05) is 18.2 Å². The molecule has 130 valence electrons. The van der Waals surface area contributed by atoms with Crippen LogP contribution in [0.2, 0.25) is 10.0 Å². The van der Waals surface area contributed by atoms with Gasteiger partial charge in [-0.25, -0.2) is 4.98 Å². The van der Waals surface area contributed by atoms with Crippen molar-refractivity contribution in [3.63, 3.8) is 0 Å². The number of halogens is 2. The minimum absolute atomic E-state index is 0.539. The van der Waals surface area contributed by atoms with Crippen molar-refractivity contribution >= 4 is 40.5 Å². The van der Waals surface area contributed by atoms with Crippen molar-refractivity contribution in [1.29, 1.82) is 0 Å². The minimum atomic E-state index is 0.539. The van der Waals surface area contributed by atoms with E-state index in [1.54, 1.807) is 16.8 Å². The van der Waals surface area contributed by atoms with Crippen molar-refractivity contribution in [3.8, 4) is 0 Å². The van der Waals surface area contributed by atoms with E-state index in [4.69, 9.17) is 38.7 Å². The molecule has 1 aliphatic rings. The van der Waals surface area contributed by atoms with Crippen LogP contribution in [-0.4, -0.2) is 40.9 Å². The Labute approximate surface area is 155 Å². The molecule has 0 amide bonds. The first-order chi connectivity index (χ1) is 12.1. The smallest absolute Gasteiger partial charge is 0.163 e. The van der Waals surface area contributed by atoms with Crippen LogP contribution in [0.1, 0.15) is 11.1 Å². The Morgan fingerprint density at radius 3 is 2.76 bits per heavy atom. The van der Waals surface area contributed by atoms with Gasteiger partial charge in [0.05, 0.1) is 29.5 Å². The number of fused-ring (bicyclic) bond motifs is 1. The molecule has 3 aromatic rings. The van der Waals surface area contributed by atoms with Gasteiger partial charge < -0.3 is 15.4 Å². The van der Waals surface area contributed by atoms with Crippen LogP contribution in [0, 0.1) is 0 Å². The molecular formula is C17H17Cl2N5O. The third-order valence-electron chi connectivity index (χ3n) is 4.31. The Bertz CT molecular complexity index is 921. The van der Waals surface area contributed by atoms with Crippen molar-refractivity contribution < 1.29 is 4.74 Å². The van der Waals surface area contributed by atoms with Crippen molar-refractivity contribution in [2.24, 2.45) is 0 Å². The molecule has 0 spiro atoms. The maximum absolute atomic E-state index is 6.32. The number of anilines is 2. The molecule has 1 aromatic carbocycles. The second-order valence-electron chi connectivity index (χ2n) is 5.93. The van der Waals surface area contributed by atoms with Gasteiger partial charge in [0.15, 0.2) is 5.65 Å². The summed E-state index contributed by atoms with van der Waals surface area (Å²) in [6, 6.07) is 7.46. The van der Waals surface area contributed by atoms with Gasteiger partial charge in [0.2, 0.25) is 0 Å². The third-order valence-corrected chi connectivity index (χ3v) is 5.16. The van der Waals surface area contributed by atoms with Crippen LogP contribution in [-0.2, 0) is 11.2 Å². The lowest BCUT2D eigenvalue weighted by atomic mass is 10.1. The van der Waals surface area contributed by atoms with Gasteiger partial charge in [-0.15, -0.1) is 0 Å². The SMILES string of the molecule is Nc1cc(N2CCOCC2)nc2c(Cc3cccc(Cl)c3Cl)cnn12. The van der Waals surface area contributed by atoms with Gasteiger partial charge in [-0.05, 0) is 11.6 Å². The maximum Gasteiger partial charge on any atom is 0.163 e. The second-order valence-corrected chi connectivity index (χ2v) is 6.72. The first-order valence-corrected chi connectivity index (χ1v) is 8.78. The number of hydrogen-bond donors (Lipinski definition) is 1. The highest BCUT2D eigenvalue weighted by molar-refractivity contribution is 6.42. The van der Waals surface area contributed by atoms with Crippen LogP contribution < -0.4 is 10.6 Å². The van der Waals surface area contributed by atoms with E-state index < -0.39 is 0 Å². The van der Waals surface area contributed by atoms with Gasteiger partial charge >= 0.3 is 0 Å². The highest BCUT2D eigenvalue weighted by Crippen LogP contribution is 2.29. The molecule has 1 saturated heterocycles. The van der Waals surface area contributed by atoms with Gasteiger partial charge in [-0.1, -0.05) is 35.3 Å². The van der Waals surface area contributed by atoms with Crippen LogP contribution in [0.25, 0.3) is 5.65 Å². The zero-order valence-electron chi connectivity index (χ0n) is 13.5. The summed E-state index contributed by atoms with van der Waals surface area (Å²) in [4.78, 5) is 6.95. The van der Waals surface area contributed by atoms with E-state index in [0.717, 1.165) is 35.7 Å². The Morgan fingerprint density at radius 2 is 1.96 bits per heavy atom. The van der Waals surface area contributed by atoms with Crippen molar-refractivity contribution in [1.82, 2.24) is 14.6 Å². The number of benzene rings is 1.